The monoisotopic (exact) mass is 443 g/mol. The molecule has 154 valence electrons. The first-order valence-corrected chi connectivity index (χ1v) is 10.9. The molecule has 0 fully saturated rings. The first-order valence-electron chi connectivity index (χ1n) is 8.83. The van der Waals surface area contributed by atoms with Crippen molar-refractivity contribution in [2.45, 2.75) is 4.90 Å². The second-order valence-electron chi connectivity index (χ2n) is 6.28. The van der Waals surface area contributed by atoms with Gasteiger partial charge in [-0.25, -0.2) is 13.2 Å². The van der Waals surface area contributed by atoms with Crippen molar-refractivity contribution in [3.63, 3.8) is 0 Å². The smallest absolute Gasteiger partial charge is 0.323 e. The lowest BCUT2D eigenvalue weighted by atomic mass is 10.3. The van der Waals surface area contributed by atoms with Crippen LogP contribution in [0.25, 0.3) is 0 Å². The first-order chi connectivity index (χ1) is 14.3. The van der Waals surface area contributed by atoms with Crippen LogP contribution in [0.15, 0.2) is 83.8 Å². The van der Waals surface area contributed by atoms with Crippen molar-refractivity contribution in [2.75, 3.05) is 21.7 Å². The highest BCUT2D eigenvalue weighted by Gasteiger charge is 2.19. The molecule has 3 aromatic carbocycles. The summed E-state index contributed by atoms with van der Waals surface area (Å²) in [6, 6.07) is 20.5. The van der Waals surface area contributed by atoms with Crippen molar-refractivity contribution in [1.82, 2.24) is 0 Å². The summed E-state index contributed by atoms with van der Waals surface area (Å²) in [5, 5.41) is 8.29. The van der Waals surface area contributed by atoms with E-state index in [0.29, 0.717) is 22.1 Å². The average molecular weight is 444 g/mol. The van der Waals surface area contributed by atoms with E-state index in [1.54, 1.807) is 48.5 Å². The van der Waals surface area contributed by atoms with Crippen LogP contribution in [0.3, 0.4) is 0 Å². The number of carbonyl (C=O) groups excluding carboxylic acids is 2. The third-order valence-corrected chi connectivity index (χ3v) is 5.84. The van der Waals surface area contributed by atoms with E-state index < -0.39 is 27.5 Å². The van der Waals surface area contributed by atoms with E-state index in [0.717, 1.165) is 0 Å². The lowest BCUT2D eigenvalue weighted by molar-refractivity contribution is -0.113. The molecule has 3 amide bonds. The third-order valence-electron chi connectivity index (χ3n) is 3.95. The van der Waals surface area contributed by atoms with Crippen LogP contribution in [0.1, 0.15) is 0 Å². The van der Waals surface area contributed by atoms with Crippen molar-refractivity contribution in [2.24, 2.45) is 0 Å². The Kier molecular flexibility index (Phi) is 6.71. The van der Waals surface area contributed by atoms with Gasteiger partial charge in [-0.1, -0.05) is 29.8 Å². The maximum atomic E-state index is 12.3. The quantitative estimate of drug-likeness (QED) is 0.525. The molecule has 0 radical (unpaired) electrons. The number of urea groups is 1. The van der Waals surface area contributed by atoms with Crippen LogP contribution in [0.5, 0.6) is 0 Å². The summed E-state index contributed by atoms with van der Waals surface area (Å²) in [4.78, 5) is 24.1. The molecule has 0 aromatic heterocycles. The predicted octanol–water partition coefficient (Wildman–Crippen LogP) is 4.40. The topological polar surface area (TPSA) is 104 Å². The Morgan fingerprint density at radius 1 is 0.700 bits per heavy atom. The van der Waals surface area contributed by atoms with Crippen molar-refractivity contribution < 1.29 is 18.0 Å². The Hall–Kier alpha value is -3.36. The minimum absolute atomic E-state index is 0.0195. The van der Waals surface area contributed by atoms with E-state index in [1.165, 1.54) is 24.3 Å². The minimum Gasteiger partial charge on any atom is -0.325 e. The molecule has 0 atom stereocenters. The van der Waals surface area contributed by atoms with Gasteiger partial charge in [-0.3, -0.25) is 4.79 Å². The number of anilines is 3. The molecule has 0 spiro atoms. The zero-order chi connectivity index (χ0) is 21.6. The van der Waals surface area contributed by atoms with Gasteiger partial charge in [-0.2, -0.15) is 0 Å². The maximum absolute atomic E-state index is 12.3. The highest BCUT2D eigenvalue weighted by Crippen LogP contribution is 2.17. The second kappa shape index (κ2) is 9.43. The number of halogens is 1. The number of hydrogen-bond acceptors (Lipinski definition) is 4. The molecule has 0 aliphatic heterocycles. The summed E-state index contributed by atoms with van der Waals surface area (Å²) in [7, 11) is -3.79. The molecule has 30 heavy (non-hydrogen) atoms. The van der Waals surface area contributed by atoms with Crippen LogP contribution >= 0.6 is 11.6 Å². The second-order valence-corrected chi connectivity index (χ2v) is 8.71. The molecular weight excluding hydrogens is 426 g/mol. The van der Waals surface area contributed by atoms with Crippen LogP contribution in [-0.2, 0) is 14.6 Å². The van der Waals surface area contributed by atoms with Crippen LogP contribution in [0.2, 0.25) is 5.02 Å². The number of rotatable bonds is 6. The van der Waals surface area contributed by atoms with Crippen LogP contribution < -0.4 is 16.0 Å². The summed E-state index contributed by atoms with van der Waals surface area (Å²) in [5.74, 6) is -1.37. The summed E-state index contributed by atoms with van der Waals surface area (Å²) >= 11 is 5.76. The number of hydrogen-bond donors (Lipinski definition) is 3. The fourth-order valence-electron chi connectivity index (χ4n) is 2.55. The highest BCUT2D eigenvalue weighted by atomic mass is 35.5. The van der Waals surface area contributed by atoms with Crippen molar-refractivity contribution in [1.29, 1.82) is 0 Å². The van der Waals surface area contributed by atoms with Crippen molar-refractivity contribution in [3.8, 4) is 0 Å². The van der Waals surface area contributed by atoms with E-state index in [4.69, 9.17) is 11.6 Å². The van der Waals surface area contributed by atoms with Gasteiger partial charge in [0.2, 0.25) is 5.91 Å². The number of nitrogens with one attached hydrogen (secondary N) is 3. The van der Waals surface area contributed by atoms with Gasteiger partial charge in [0.25, 0.3) is 0 Å². The fourth-order valence-corrected chi connectivity index (χ4v) is 3.81. The SMILES string of the molecule is O=C(CS(=O)(=O)c1ccc(Cl)cc1)Nc1ccc(NC(=O)Nc2ccccc2)cc1. The first kappa shape index (κ1) is 21.4. The van der Waals surface area contributed by atoms with Crippen LogP contribution in [-0.4, -0.2) is 26.1 Å². The Bertz CT molecular complexity index is 1130. The molecule has 0 saturated carbocycles. The normalized spacial score (nSPS) is 10.8. The standard InChI is InChI=1S/C21H18ClN3O4S/c22-15-6-12-19(13-7-15)30(28,29)14-20(26)23-17-8-10-18(11-9-17)25-21(27)24-16-4-2-1-3-5-16/h1-13H,14H2,(H,23,26)(H2,24,25,27). The number of carbonyl (C=O) groups is 2. The largest absolute Gasteiger partial charge is 0.325 e. The Balaban J connectivity index is 1.55. The summed E-state index contributed by atoms with van der Waals surface area (Å²) in [6.45, 7) is 0. The van der Waals surface area contributed by atoms with E-state index in [1.807, 2.05) is 6.07 Å². The maximum Gasteiger partial charge on any atom is 0.323 e. The summed E-state index contributed by atoms with van der Waals surface area (Å²) in [5.41, 5.74) is 1.57. The fraction of sp³-hybridized carbons (Fsp3) is 0.0476. The molecule has 0 aliphatic rings. The van der Waals surface area contributed by atoms with E-state index >= 15 is 0 Å². The van der Waals surface area contributed by atoms with E-state index in [9.17, 15) is 18.0 Å². The van der Waals surface area contributed by atoms with Crippen LogP contribution in [0.4, 0.5) is 21.9 Å². The number of benzene rings is 3. The third kappa shape index (κ3) is 6.07. The Morgan fingerprint density at radius 2 is 1.20 bits per heavy atom. The van der Waals surface area contributed by atoms with Gasteiger partial charge >= 0.3 is 6.03 Å². The molecule has 0 heterocycles. The highest BCUT2D eigenvalue weighted by molar-refractivity contribution is 7.92. The van der Waals surface area contributed by atoms with E-state index in [2.05, 4.69) is 16.0 Å². The Morgan fingerprint density at radius 3 is 1.77 bits per heavy atom. The molecule has 7 nitrogen and oxygen atoms in total. The zero-order valence-electron chi connectivity index (χ0n) is 15.6. The number of para-hydroxylation sites is 1. The molecular formula is C21H18ClN3O4S. The van der Waals surface area contributed by atoms with Gasteiger partial charge in [0.15, 0.2) is 9.84 Å². The molecule has 0 unspecified atom stereocenters. The Labute approximate surface area is 179 Å². The minimum atomic E-state index is -3.79. The molecule has 3 aromatic rings. The molecule has 3 N–H and O–H groups in total. The number of sulfone groups is 1. The number of amides is 3. The van der Waals surface area contributed by atoms with Gasteiger partial charge in [-0.15, -0.1) is 0 Å². The van der Waals surface area contributed by atoms with Gasteiger partial charge < -0.3 is 16.0 Å². The van der Waals surface area contributed by atoms with Gasteiger partial charge in [0.1, 0.15) is 5.75 Å². The van der Waals surface area contributed by atoms with E-state index in [-0.39, 0.29) is 4.90 Å². The molecule has 0 saturated heterocycles. The lowest BCUT2D eigenvalue weighted by Gasteiger charge is -2.09. The molecule has 9 heteroatoms. The summed E-state index contributed by atoms with van der Waals surface area (Å²) in [6.07, 6.45) is 0. The van der Waals surface area contributed by atoms with Gasteiger partial charge in [-0.05, 0) is 60.7 Å². The van der Waals surface area contributed by atoms with Crippen molar-refractivity contribution >= 4 is 50.4 Å². The van der Waals surface area contributed by atoms with Crippen LogP contribution in [0, 0.1) is 0 Å². The predicted molar refractivity (Wildman–Crippen MR) is 118 cm³/mol. The molecule has 0 aliphatic carbocycles. The van der Waals surface area contributed by atoms with Crippen molar-refractivity contribution in [3.05, 3.63) is 83.9 Å². The zero-order valence-corrected chi connectivity index (χ0v) is 17.2. The molecule has 3 rings (SSSR count). The summed E-state index contributed by atoms with van der Waals surface area (Å²) < 4.78 is 24.6. The van der Waals surface area contributed by atoms with Gasteiger partial charge in [0, 0.05) is 22.1 Å². The average Bonchev–Trinajstić information content (AvgIpc) is 2.70. The molecule has 0 bridgehead atoms. The lowest BCUT2D eigenvalue weighted by Crippen LogP contribution is -2.23. The van der Waals surface area contributed by atoms with Gasteiger partial charge in [0.05, 0.1) is 4.90 Å².